The largest absolute Gasteiger partial charge is 0.573 e. The van der Waals surface area contributed by atoms with Crippen molar-refractivity contribution in [3.63, 3.8) is 0 Å². The average Bonchev–Trinajstić information content (AvgIpc) is 3.12. The van der Waals surface area contributed by atoms with Gasteiger partial charge in [0.25, 0.3) is 0 Å². The van der Waals surface area contributed by atoms with Gasteiger partial charge in [0.15, 0.2) is 11.5 Å². The Balaban J connectivity index is 1.96. The van der Waals surface area contributed by atoms with Crippen molar-refractivity contribution in [2.75, 3.05) is 6.54 Å². The average molecular weight is 466 g/mol. The van der Waals surface area contributed by atoms with E-state index in [2.05, 4.69) is 25.7 Å². The van der Waals surface area contributed by atoms with Crippen LogP contribution < -0.4 is 20.7 Å². The predicted molar refractivity (Wildman–Crippen MR) is 92.6 cm³/mol. The number of pyridine rings is 1. The van der Waals surface area contributed by atoms with Gasteiger partial charge in [-0.05, 0) is 29.8 Å². The molecule has 7 nitrogen and oxygen atoms in total. The summed E-state index contributed by atoms with van der Waals surface area (Å²) in [6.45, 7) is -0.111. The number of halogens is 7. The summed E-state index contributed by atoms with van der Waals surface area (Å²) < 4.78 is 93.7. The van der Waals surface area contributed by atoms with Gasteiger partial charge in [-0.25, -0.2) is 14.2 Å². The van der Waals surface area contributed by atoms with E-state index in [0.29, 0.717) is 6.07 Å². The van der Waals surface area contributed by atoms with Gasteiger partial charge < -0.3 is 20.7 Å². The van der Waals surface area contributed by atoms with E-state index in [4.69, 9.17) is 0 Å². The number of hydrogen-bond acceptors (Lipinski definition) is 4. The Kier molecular flexibility index (Phi) is 6.14. The highest BCUT2D eigenvalue weighted by Gasteiger charge is 2.38. The van der Waals surface area contributed by atoms with Gasteiger partial charge in [-0.2, -0.15) is 13.2 Å². The SMILES string of the molecule is O=C1NCC(C(=O)N[C@@H](c2ccc(OC(F)(F)F)cc2)c2ccc(F)c(C(F)(F)F)n2)N1. The standard InChI is InChI=1S/C18H13F7N4O3/c19-10-5-6-11(27-14(10)17(20,21)22)13(29-15(30)12-7-26-16(31)28-12)8-1-3-9(4-2-8)32-18(23,24)25/h1-6,12-13H,7H2,(H,29,30)(H2,26,28,31)/t12?,13-/m0/s1. The van der Waals surface area contributed by atoms with E-state index in [1.807, 2.05) is 0 Å². The smallest absolute Gasteiger partial charge is 0.406 e. The molecule has 0 spiro atoms. The van der Waals surface area contributed by atoms with Crippen LogP contribution in [0.4, 0.5) is 35.5 Å². The molecule has 1 aliphatic heterocycles. The van der Waals surface area contributed by atoms with Crippen molar-refractivity contribution in [1.82, 2.24) is 20.9 Å². The molecule has 3 N–H and O–H groups in total. The third-order valence-electron chi connectivity index (χ3n) is 4.25. The minimum atomic E-state index is -5.14. The number of ether oxygens (including phenoxy) is 1. The summed E-state index contributed by atoms with van der Waals surface area (Å²) >= 11 is 0. The molecule has 2 aromatic rings. The maximum Gasteiger partial charge on any atom is 0.573 e. The van der Waals surface area contributed by atoms with Crippen molar-refractivity contribution >= 4 is 11.9 Å². The van der Waals surface area contributed by atoms with Crippen molar-refractivity contribution in [2.45, 2.75) is 24.6 Å². The zero-order valence-electron chi connectivity index (χ0n) is 15.6. The summed E-state index contributed by atoms with van der Waals surface area (Å²) in [4.78, 5) is 27.0. The number of aromatic nitrogens is 1. The van der Waals surface area contributed by atoms with E-state index in [0.717, 1.165) is 30.3 Å². The molecule has 1 fully saturated rings. The van der Waals surface area contributed by atoms with Crippen LogP contribution in [0.1, 0.15) is 23.0 Å². The Labute approximate surface area is 175 Å². The lowest BCUT2D eigenvalue weighted by Gasteiger charge is -2.22. The van der Waals surface area contributed by atoms with Crippen molar-refractivity contribution in [1.29, 1.82) is 0 Å². The Morgan fingerprint density at radius 3 is 2.28 bits per heavy atom. The molecule has 0 radical (unpaired) electrons. The van der Waals surface area contributed by atoms with Crippen LogP contribution in [0.2, 0.25) is 0 Å². The van der Waals surface area contributed by atoms with Gasteiger partial charge in [-0.15, -0.1) is 13.2 Å². The molecular weight excluding hydrogens is 453 g/mol. The minimum Gasteiger partial charge on any atom is -0.406 e. The molecule has 0 bridgehead atoms. The van der Waals surface area contributed by atoms with Crippen LogP contribution >= 0.6 is 0 Å². The lowest BCUT2D eigenvalue weighted by molar-refractivity contribution is -0.274. The number of nitrogens with one attached hydrogen (secondary N) is 3. The number of benzene rings is 1. The van der Waals surface area contributed by atoms with Gasteiger partial charge in [0.1, 0.15) is 11.8 Å². The normalized spacial score (nSPS) is 17.3. The van der Waals surface area contributed by atoms with E-state index in [9.17, 15) is 40.3 Å². The molecule has 1 unspecified atom stereocenters. The predicted octanol–water partition coefficient (Wildman–Crippen LogP) is 3.03. The number of carbonyl (C=O) groups is 2. The van der Waals surface area contributed by atoms with Crippen LogP contribution in [0.15, 0.2) is 36.4 Å². The lowest BCUT2D eigenvalue weighted by Crippen LogP contribution is -2.44. The second-order valence-electron chi connectivity index (χ2n) is 6.53. The van der Waals surface area contributed by atoms with Crippen LogP contribution in [0.3, 0.4) is 0 Å². The lowest BCUT2D eigenvalue weighted by atomic mass is 10.0. The van der Waals surface area contributed by atoms with Crippen LogP contribution in [-0.2, 0) is 11.0 Å². The zero-order valence-corrected chi connectivity index (χ0v) is 15.6. The molecule has 1 saturated heterocycles. The second-order valence-corrected chi connectivity index (χ2v) is 6.53. The van der Waals surface area contributed by atoms with Gasteiger partial charge >= 0.3 is 18.6 Å². The number of hydrogen-bond donors (Lipinski definition) is 3. The van der Waals surface area contributed by atoms with E-state index in [1.54, 1.807) is 0 Å². The molecule has 14 heteroatoms. The minimum absolute atomic E-state index is 0.0254. The summed E-state index contributed by atoms with van der Waals surface area (Å²) in [6.07, 6.45) is -10.1. The highest BCUT2D eigenvalue weighted by Crippen LogP contribution is 2.32. The molecule has 2 atom stereocenters. The second kappa shape index (κ2) is 8.51. The summed E-state index contributed by atoms with van der Waals surface area (Å²) in [6, 6.07) is 2.16. The van der Waals surface area contributed by atoms with Crippen LogP contribution in [-0.4, -0.2) is 35.9 Å². The third kappa shape index (κ3) is 5.56. The van der Waals surface area contributed by atoms with E-state index < -0.39 is 59.5 Å². The highest BCUT2D eigenvalue weighted by molar-refractivity contribution is 5.90. The number of carbonyl (C=O) groups excluding carboxylic acids is 2. The molecule has 172 valence electrons. The monoisotopic (exact) mass is 466 g/mol. The van der Waals surface area contributed by atoms with Crippen molar-refractivity contribution in [2.24, 2.45) is 0 Å². The molecule has 0 aliphatic carbocycles. The highest BCUT2D eigenvalue weighted by atomic mass is 19.4. The van der Waals surface area contributed by atoms with Crippen molar-refractivity contribution in [3.8, 4) is 5.75 Å². The number of alkyl halides is 6. The summed E-state index contributed by atoms with van der Waals surface area (Å²) in [7, 11) is 0. The molecule has 1 aromatic heterocycles. The molecule has 3 amide bonds. The maximum absolute atomic E-state index is 13.6. The van der Waals surface area contributed by atoms with Gasteiger partial charge in [0.05, 0.1) is 11.7 Å². The fraction of sp³-hybridized carbons (Fsp3) is 0.278. The first-order valence-electron chi connectivity index (χ1n) is 8.77. The van der Waals surface area contributed by atoms with E-state index in [-0.39, 0.29) is 12.1 Å². The molecule has 2 heterocycles. The van der Waals surface area contributed by atoms with Crippen molar-refractivity contribution < 1.29 is 45.1 Å². The van der Waals surface area contributed by atoms with Crippen LogP contribution in [0, 0.1) is 5.82 Å². The van der Waals surface area contributed by atoms with E-state index in [1.165, 1.54) is 0 Å². The summed E-state index contributed by atoms with van der Waals surface area (Å²) in [5.74, 6) is -3.07. The topological polar surface area (TPSA) is 92.4 Å². The molecule has 1 aliphatic rings. The quantitative estimate of drug-likeness (QED) is 0.591. The van der Waals surface area contributed by atoms with Gasteiger partial charge in [0.2, 0.25) is 5.91 Å². The number of urea groups is 1. The van der Waals surface area contributed by atoms with Gasteiger partial charge in [0, 0.05) is 6.54 Å². The molecular formula is C18H13F7N4O3. The van der Waals surface area contributed by atoms with Crippen molar-refractivity contribution in [3.05, 3.63) is 59.2 Å². The summed E-state index contributed by atoms with van der Waals surface area (Å²) in [5, 5.41) is 6.96. The number of rotatable bonds is 5. The Morgan fingerprint density at radius 2 is 1.75 bits per heavy atom. The van der Waals surface area contributed by atoms with Crippen LogP contribution in [0.25, 0.3) is 0 Å². The van der Waals surface area contributed by atoms with E-state index >= 15 is 0 Å². The first kappa shape index (κ1) is 23.1. The fourth-order valence-corrected chi connectivity index (χ4v) is 2.86. The maximum atomic E-state index is 13.6. The van der Waals surface area contributed by atoms with Crippen LogP contribution in [0.5, 0.6) is 5.75 Å². The van der Waals surface area contributed by atoms with Gasteiger partial charge in [-0.3, -0.25) is 4.79 Å². The molecule has 32 heavy (non-hydrogen) atoms. The Bertz CT molecular complexity index is 1010. The number of nitrogens with zero attached hydrogens (tertiary/aromatic N) is 1. The first-order chi connectivity index (χ1) is 14.8. The third-order valence-corrected chi connectivity index (χ3v) is 4.25. The Morgan fingerprint density at radius 1 is 1.09 bits per heavy atom. The number of amides is 3. The molecule has 3 rings (SSSR count). The van der Waals surface area contributed by atoms with Gasteiger partial charge in [-0.1, -0.05) is 12.1 Å². The Hall–Kier alpha value is -3.58. The molecule has 1 aromatic carbocycles. The first-order valence-corrected chi connectivity index (χ1v) is 8.77. The fourth-order valence-electron chi connectivity index (χ4n) is 2.86. The molecule has 0 saturated carbocycles. The zero-order chi connectivity index (χ0) is 23.7. The summed E-state index contributed by atoms with van der Waals surface area (Å²) in [5.41, 5.74) is -2.24.